The van der Waals surface area contributed by atoms with E-state index in [1.165, 1.54) is 0 Å². The van der Waals surface area contributed by atoms with Crippen molar-refractivity contribution in [2.75, 3.05) is 52.5 Å². The van der Waals surface area contributed by atoms with Gasteiger partial charge < -0.3 is 28.7 Å². The third-order valence-corrected chi connectivity index (χ3v) is 6.34. The van der Waals surface area contributed by atoms with E-state index in [0.717, 1.165) is 11.3 Å². The number of carbonyl (C=O) groups excluding carboxylic acids is 2. The van der Waals surface area contributed by atoms with Crippen LogP contribution in [0, 0.1) is 5.92 Å². The second-order valence-electron chi connectivity index (χ2n) is 8.10. The van der Waals surface area contributed by atoms with E-state index >= 15 is 0 Å². The molecule has 33 heavy (non-hydrogen) atoms. The Morgan fingerprint density at radius 1 is 0.939 bits per heavy atom. The fourth-order valence-electron chi connectivity index (χ4n) is 4.63. The molecule has 8 nitrogen and oxygen atoms in total. The van der Waals surface area contributed by atoms with Crippen LogP contribution >= 0.6 is 0 Å². The van der Waals surface area contributed by atoms with Crippen molar-refractivity contribution in [1.82, 2.24) is 4.90 Å². The molecule has 4 rings (SSSR count). The number of carbonyl (C=O) groups is 2. The molecule has 0 N–H and O–H groups in total. The summed E-state index contributed by atoms with van der Waals surface area (Å²) in [5.74, 6) is 1.48. The maximum absolute atomic E-state index is 13.7. The maximum Gasteiger partial charge on any atom is 0.228 e. The van der Waals surface area contributed by atoms with Crippen molar-refractivity contribution >= 4 is 17.5 Å². The van der Waals surface area contributed by atoms with E-state index in [4.69, 9.17) is 18.9 Å². The van der Waals surface area contributed by atoms with E-state index in [9.17, 15) is 9.59 Å². The van der Waals surface area contributed by atoms with Crippen LogP contribution in [0.2, 0.25) is 0 Å². The second-order valence-corrected chi connectivity index (χ2v) is 8.10. The fraction of sp³-hybridized carbons (Fsp3) is 0.440. The zero-order chi connectivity index (χ0) is 23.4. The summed E-state index contributed by atoms with van der Waals surface area (Å²) in [4.78, 5) is 30.5. The molecular weight excluding hydrogens is 424 g/mol. The number of amides is 2. The van der Waals surface area contributed by atoms with Gasteiger partial charge in [0.2, 0.25) is 11.8 Å². The molecule has 2 aliphatic heterocycles. The minimum atomic E-state index is -0.477. The van der Waals surface area contributed by atoms with Gasteiger partial charge >= 0.3 is 0 Å². The minimum absolute atomic E-state index is 0.0222. The summed E-state index contributed by atoms with van der Waals surface area (Å²) in [5, 5.41) is 0. The molecule has 2 unspecified atom stereocenters. The highest BCUT2D eigenvalue weighted by Crippen LogP contribution is 2.43. The molecule has 0 bridgehead atoms. The summed E-state index contributed by atoms with van der Waals surface area (Å²) in [7, 11) is 4.76. The molecule has 2 amide bonds. The lowest BCUT2D eigenvalue weighted by Crippen LogP contribution is -2.51. The lowest BCUT2D eigenvalue weighted by atomic mass is 9.82. The zero-order valence-electron chi connectivity index (χ0n) is 19.3. The van der Waals surface area contributed by atoms with Gasteiger partial charge in [0.1, 0.15) is 5.75 Å². The van der Waals surface area contributed by atoms with E-state index in [2.05, 4.69) is 0 Å². The van der Waals surface area contributed by atoms with Gasteiger partial charge in [0, 0.05) is 25.2 Å². The molecule has 2 heterocycles. The van der Waals surface area contributed by atoms with Gasteiger partial charge in [-0.05, 0) is 48.4 Å². The number of benzene rings is 2. The molecule has 2 fully saturated rings. The van der Waals surface area contributed by atoms with Crippen molar-refractivity contribution in [2.45, 2.75) is 18.9 Å². The van der Waals surface area contributed by atoms with E-state index in [1.54, 1.807) is 26.2 Å². The first-order valence-corrected chi connectivity index (χ1v) is 11.1. The molecular formula is C25H30N2O6. The van der Waals surface area contributed by atoms with Crippen molar-refractivity contribution in [2.24, 2.45) is 5.92 Å². The van der Waals surface area contributed by atoms with Gasteiger partial charge in [0.25, 0.3) is 0 Å². The highest BCUT2D eigenvalue weighted by molar-refractivity contribution is 5.97. The lowest BCUT2D eigenvalue weighted by Gasteiger charge is -2.43. The van der Waals surface area contributed by atoms with Crippen molar-refractivity contribution in [3.8, 4) is 17.2 Å². The third-order valence-electron chi connectivity index (χ3n) is 6.34. The molecule has 0 spiro atoms. The number of hydrogen-bond donors (Lipinski definition) is 0. The number of ether oxygens (including phenoxy) is 4. The molecule has 2 aromatic carbocycles. The molecule has 176 valence electrons. The Morgan fingerprint density at radius 3 is 2.27 bits per heavy atom. The smallest absolute Gasteiger partial charge is 0.228 e. The summed E-state index contributed by atoms with van der Waals surface area (Å²) < 4.78 is 21.6. The SMILES string of the molecule is COc1ccc(N2C(=O)CCC(C(=O)N3CCOCC3)C2c2ccc(OC)c(OC)c2)cc1. The molecule has 8 heteroatoms. The third kappa shape index (κ3) is 4.61. The van der Waals surface area contributed by atoms with Crippen LogP contribution in [0.4, 0.5) is 5.69 Å². The predicted molar refractivity (Wildman–Crippen MR) is 123 cm³/mol. The van der Waals surface area contributed by atoms with Crippen LogP contribution in [0.5, 0.6) is 17.2 Å². The first-order valence-electron chi connectivity index (χ1n) is 11.1. The van der Waals surface area contributed by atoms with E-state index in [0.29, 0.717) is 56.4 Å². The highest BCUT2D eigenvalue weighted by atomic mass is 16.5. The monoisotopic (exact) mass is 454 g/mol. The summed E-state index contributed by atoms with van der Waals surface area (Å²) in [6.45, 7) is 2.18. The van der Waals surface area contributed by atoms with Crippen LogP contribution in [0.1, 0.15) is 24.4 Å². The average molecular weight is 455 g/mol. The fourth-order valence-corrected chi connectivity index (χ4v) is 4.63. The first kappa shape index (κ1) is 22.9. The van der Waals surface area contributed by atoms with E-state index in [1.807, 2.05) is 47.4 Å². The molecule has 0 aliphatic carbocycles. The lowest BCUT2D eigenvalue weighted by molar-refractivity contribution is -0.142. The Labute approximate surface area is 194 Å². The van der Waals surface area contributed by atoms with Gasteiger partial charge in [-0.15, -0.1) is 0 Å². The van der Waals surface area contributed by atoms with Gasteiger partial charge in [0.15, 0.2) is 11.5 Å². The summed E-state index contributed by atoms with van der Waals surface area (Å²) in [6, 6.07) is 12.4. The topological polar surface area (TPSA) is 77.5 Å². The maximum atomic E-state index is 13.7. The predicted octanol–water partition coefficient (Wildman–Crippen LogP) is 3.06. The van der Waals surface area contributed by atoms with Crippen LogP contribution in [-0.2, 0) is 14.3 Å². The largest absolute Gasteiger partial charge is 0.497 e. The Morgan fingerprint density at radius 2 is 1.64 bits per heavy atom. The van der Waals surface area contributed by atoms with Crippen LogP contribution < -0.4 is 19.1 Å². The summed E-state index contributed by atoms with van der Waals surface area (Å²) in [5.41, 5.74) is 1.54. The quantitative estimate of drug-likeness (QED) is 0.668. The van der Waals surface area contributed by atoms with Gasteiger partial charge in [-0.2, -0.15) is 0 Å². The minimum Gasteiger partial charge on any atom is -0.497 e. The number of nitrogens with zero attached hydrogens (tertiary/aromatic N) is 2. The normalized spacial score (nSPS) is 21.0. The molecule has 2 atom stereocenters. The molecule has 2 aliphatic rings. The van der Waals surface area contributed by atoms with Crippen molar-refractivity contribution < 1.29 is 28.5 Å². The van der Waals surface area contributed by atoms with Gasteiger partial charge in [0.05, 0.1) is 46.5 Å². The summed E-state index contributed by atoms with van der Waals surface area (Å²) in [6.07, 6.45) is 0.789. The van der Waals surface area contributed by atoms with Crippen LogP contribution in [0.25, 0.3) is 0 Å². The van der Waals surface area contributed by atoms with Crippen molar-refractivity contribution in [3.05, 3.63) is 48.0 Å². The van der Waals surface area contributed by atoms with Gasteiger partial charge in [-0.1, -0.05) is 6.07 Å². The Hall–Kier alpha value is -3.26. The Bertz CT molecular complexity index is 987. The van der Waals surface area contributed by atoms with Crippen LogP contribution in [0.3, 0.4) is 0 Å². The zero-order valence-corrected chi connectivity index (χ0v) is 19.3. The molecule has 0 aromatic heterocycles. The van der Waals surface area contributed by atoms with Gasteiger partial charge in [-0.25, -0.2) is 0 Å². The number of anilines is 1. The number of methoxy groups -OCH3 is 3. The number of rotatable bonds is 6. The van der Waals surface area contributed by atoms with Gasteiger partial charge in [-0.3, -0.25) is 9.59 Å². The number of piperidine rings is 1. The molecule has 0 radical (unpaired) electrons. The van der Waals surface area contributed by atoms with Crippen LogP contribution in [-0.4, -0.2) is 64.3 Å². The molecule has 0 saturated carbocycles. The molecule has 2 saturated heterocycles. The average Bonchev–Trinajstić information content (AvgIpc) is 2.88. The number of hydrogen-bond acceptors (Lipinski definition) is 6. The highest BCUT2D eigenvalue weighted by Gasteiger charge is 2.43. The van der Waals surface area contributed by atoms with Crippen molar-refractivity contribution in [1.29, 1.82) is 0 Å². The van der Waals surface area contributed by atoms with Crippen LogP contribution in [0.15, 0.2) is 42.5 Å². The Balaban J connectivity index is 1.78. The number of morpholine rings is 1. The first-order chi connectivity index (χ1) is 16.1. The van der Waals surface area contributed by atoms with Crippen molar-refractivity contribution in [3.63, 3.8) is 0 Å². The summed E-state index contributed by atoms with van der Waals surface area (Å²) >= 11 is 0. The standard InChI is InChI=1S/C25H30N2O6/c1-30-19-7-5-18(6-8-19)27-23(28)11-9-20(25(29)26-12-14-33-15-13-26)24(27)17-4-10-21(31-2)22(16-17)32-3/h4-8,10,16,20,24H,9,11-15H2,1-3H3. The van der Waals surface area contributed by atoms with E-state index < -0.39 is 6.04 Å². The van der Waals surface area contributed by atoms with E-state index in [-0.39, 0.29) is 17.7 Å². The molecule has 2 aromatic rings. The second kappa shape index (κ2) is 10.1. The Kier molecular flexibility index (Phi) is 7.03.